The van der Waals surface area contributed by atoms with E-state index in [0.717, 1.165) is 28.9 Å². The van der Waals surface area contributed by atoms with Crippen LogP contribution in [-0.2, 0) is 22.8 Å². The Balaban J connectivity index is 2.09. The predicted octanol–water partition coefficient (Wildman–Crippen LogP) is 4.55. The molecule has 0 saturated heterocycles. The highest BCUT2D eigenvalue weighted by Crippen LogP contribution is 2.21. The third kappa shape index (κ3) is 4.71. The Morgan fingerprint density at radius 1 is 1.20 bits per heavy atom. The van der Waals surface area contributed by atoms with Crippen LogP contribution in [0.25, 0.3) is 10.2 Å². The lowest BCUT2D eigenvalue weighted by molar-refractivity contribution is 0.0997. The van der Waals surface area contributed by atoms with Crippen molar-refractivity contribution in [3.05, 3.63) is 58.4 Å². The fraction of sp³-hybridized carbons (Fsp3) is 0.364. The van der Waals surface area contributed by atoms with Crippen molar-refractivity contribution in [1.29, 1.82) is 0 Å². The number of nitrogens with zero attached hydrogens (tertiary/aromatic N) is 2. The van der Waals surface area contributed by atoms with E-state index in [0.29, 0.717) is 4.80 Å². The summed E-state index contributed by atoms with van der Waals surface area (Å²) in [6, 6.07) is 12.5. The molecule has 0 aliphatic rings. The predicted molar refractivity (Wildman–Crippen MR) is 126 cm³/mol. The monoisotopic (exact) mass is 462 g/mol. The first kappa shape index (κ1) is 22.8. The standard InChI is InChI=1S/C22H26N2O3S3/c1-5-16-9-10-19-20(13-16)29-22(24(19)11-12-28-4)23-21(25)17-7-6-8-18(14-17)30(26,27)15(2)3/h6-10,13-15H,5,11-12H2,1-4H3. The lowest BCUT2D eigenvalue weighted by Gasteiger charge is -2.08. The number of hydrogen-bond acceptors (Lipinski definition) is 5. The summed E-state index contributed by atoms with van der Waals surface area (Å²) < 4.78 is 28.1. The maximum Gasteiger partial charge on any atom is 0.279 e. The third-order valence-electron chi connectivity index (χ3n) is 4.90. The molecule has 0 fully saturated rings. The molecular weight excluding hydrogens is 436 g/mol. The van der Waals surface area contributed by atoms with Crippen LogP contribution < -0.4 is 4.80 Å². The zero-order chi connectivity index (χ0) is 21.9. The Morgan fingerprint density at radius 3 is 2.63 bits per heavy atom. The Bertz CT molecular complexity index is 1240. The van der Waals surface area contributed by atoms with Crippen molar-refractivity contribution in [3.63, 3.8) is 0 Å². The van der Waals surface area contributed by atoms with Gasteiger partial charge >= 0.3 is 0 Å². The number of sulfone groups is 1. The van der Waals surface area contributed by atoms with Crippen molar-refractivity contribution in [3.8, 4) is 0 Å². The minimum atomic E-state index is -3.45. The molecule has 1 heterocycles. The number of aryl methyl sites for hydroxylation is 2. The molecule has 8 heteroatoms. The fourth-order valence-corrected chi connectivity index (χ4v) is 5.64. The average molecular weight is 463 g/mol. The number of benzene rings is 2. The van der Waals surface area contributed by atoms with Crippen LogP contribution in [0.15, 0.2) is 52.4 Å². The average Bonchev–Trinajstić information content (AvgIpc) is 3.07. The quantitative estimate of drug-likeness (QED) is 0.516. The normalized spacial score (nSPS) is 12.8. The molecule has 0 aliphatic heterocycles. The SMILES string of the molecule is CCc1ccc2c(c1)sc(=NC(=O)c1cccc(S(=O)(=O)C(C)C)c1)n2CCSC. The molecule has 0 unspecified atom stereocenters. The van der Waals surface area contributed by atoms with E-state index in [1.807, 2.05) is 6.26 Å². The number of carbonyl (C=O) groups is 1. The lowest BCUT2D eigenvalue weighted by Crippen LogP contribution is -2.18. The fourth-order valence-electron chi connectivity index (χ4n) is 3.05. The Morgan fingerprint density at radius 2 is 1.97 bits per heavy atom. The van der Waals surface area contributed by atoms with Gasteiger partial charge in [-0.15, -0.1) is 0 Å². The molecule has 1 aromatic heterocycles. The van der Waals surface area contributed by atoms with Crippen molar-refractivity contribution in [2.24, 2.45) is 4.99 Å². The second-order valence-corrected chi connectivity index (χ2v) is 11.7. The summed E-state index contributed by atoms with van der Waals surface area (Å²) in [5.74, 6) is 0.473. The molecule has 1 amide bonds. The third-order valence-corrected chi connectivity index (χ3v) is 8.69. The van der Waals surface area contributed by atoms with Crippen LogP contribution in [0.1, 0.15) is 36.7 Å². The maximum atomic E-state index is 12.9. The smallest absolute Gasteiger partial charge is 0.279 e. The van der Waals surface area contributed by atoms with E-state index in [4.69, 9.17) is 0 Å². The molecule has 3 aromatic rings. The van der Waals surface area contributed by atoms with Crippen molar-refractivity contribution >= 4 is 49.1 Å². The van der Waals surface area contributed by atoms with Crippen LogP contribution in [0.2, 0.25) is 0 Å². The van der Waals surface area contributed by atoms with E-state index < -0.39 is 21.0 Å². The van der Waals surface area contributed by atoms with Gasteiger partial charge in [-0.2, -0.15) is 16.8 Å². The first-order valence-electron chi connectivity index (χ1n) is 9.82. The van der Waals surface area contributed by atoms with Crippen LogP contribution in [0, 0.1) is 0 Å². The molecule has 0 atom stereocenters. The molecule has 0 spiro atoms. The van der Waals surface area contributed by atoms with Gasteiger partial charge < -0.3 is 4.57 Å². The first-order chi connectivity index (χ1) is 14.3. The van der Waals surface area contributed by atoms with Gasteiger partial charge in [0.2, 0.25) is 0 Å². The van der Waals surface area contributed by atoms with Gasteiger partial charge in [0.15, 0.2) is 14.6 Å². The molecule has 2 aromatic carbocycles. The summed E-state index contributed by atoms with van der Waals surface area (Å²) >= 11 is 3.23. The van der Waals surface area contributed by atoms with Gasteiger partial charge in [-0.05, 0) is 62.4 Å². The molecule has 0 aliphatic carbocycles. The van der Waals surface area contributed by atoms with Crippen molar-refractivity contribution < 1.29 is 13.2 Å². The van der Waals surface area contributed by atoms with Crippen molar-refractivity contribution in [1.82, 2.24) is 4.57 Å². The second kappa shape index (κ2) is 9.49. The van der Waals surface area contributed by atoms with Crippen LogP contribution in [0.4, 0.5) is 0 Å². The van der Waals surface area contributed by atoms with E-state index >= 15 is 0 Å². The molecule has 0 bridgehead atoms. The van der Waals surface area contributed by atoms with E-state index in [1.165, 1.54) is 29.0 Å². The van der Waals surface area contributed by atoms with Crippen LogP contribution in [0.5, 0.6) is 0 Å². The Kier molecular flexibility index (Phi) is 7.21. The number of amides is 1. The van der Waals surface area contributed by atoms with E-state index in [2.05, 4.69) is 34.7 Å². The van der Waals surface area contributed by atoms with E-state index in [1.54, 1.807) is 37.7 Å². The minimum Gasteiger partial charge on any atom is -0.316 e. The van der Waals surface area contributed by atoms with Crippen LogP contribution in [-0.4, -0.2) is 36.2 Å². The zero-order valence-electron chi connectivity index (χ0n) is 17.6. The zero-order valence-corrected chi connectivity index (χ0v) is 20.0. The number of thioether (sulfide) groups is 1. The highest BCUT2D eigenvalue weighted by molar-refractivity contribution is 7.98. The molecule has 0 radical (unpaired) electrons. The number of carbonyl (C=O) groups excluding carboxylic acids is 1. The van der Waals surface area contributed by atoms with Gasteiger partial charge in [0.25, 0.3) is 5.91 Å². The molecule has 0 N–H and O–H groups in total. The summed E-state index contributed by atoms with van der Waals surface area (Å²) in [7, 11) is -3.45. The summed E-state index contributed by atoms with van der Waals surface area (Å²) in [6.45, 7) is 6.12. The number of fused-ring (bicyclic) bond motifs is 1. The van der Waals surface area contributed by atoms with E-state index in [-0.39, 0.29) is 10.5 Å². The Hall–Kier alpha value is -1.90. The molecule has 0 saturated carbocycles. The summed E-state index contributed by atoms with van der Waals surface area (Å²) in [5.41, 5.74) is 2.58. The molecule has 160 valence electrons. The number of thiazole rings is 1. The van der Waals surface area contributed by atoms with E-state index in [9.17, 15) is 13.2 Å². The Labute approximate surface area is 185 Å². The summed E-state index contributed by atoms with van der Waals surface area (Å²) in [4.78, 5) is 18.1. The van der Waals surface area contributed by atoms with Gasteiger partial charge in [0.05, 0.1) is 20.4 Å². The lowest BCUT2D eigenvalue weighted by atomic mass is 10.2. The molecular formula is C22H26N2O3S3. The topological polar surface area (TPSA) is 68.5 Å². The van der Waals surface area contributed by atoms with Gasteiger partial charge in [-0.25, -0.2) is 8.42 Å². The number of aromatic nitrogens is 1. The van der Waals surface area contributed by atoms with Gasteiger partial charge in [0, 0.05) is 17.9 Å². The largest absolute Gasteiger partial charge is 0.316 e. The van der Waals surface area contributed by atoms with Crippen molar-refractivity contribution in [2.75, 3.05) is 12.0 Å². The number of rotatable bonds is 7. The van der Waals surface area contributed by atoms with Gasteiger partial charge in [-0.1, -0.05) is 30.4 Å². The molecule has 3 rings (SSSR count). The summed E-state index contributed by atoms with van der Waals surface area (Å²) in [5, 5.41) is -0.552. The highest BCUT2D eigenvalue weighted by Gasteiger charge is 2.20. The van der Waals surface area contributed by atoms with Gasteiger partial charge in [-0.3, -0.25) is 4.79 Å². The van der Waals surface area contributed by atoms with Crippen LogP contribution >= 0.6 is 23.1 Å². The first-order valence-corrected chi connectivity index (χ1v) is 13.6. The van der Waals surface area contributed by atoms with Crippen molar-refractivity contribution in [2.45, 2.75) is 43.9 Å². The van der Waals surface area contributed by atoms with Gasteiger partial charge in [0.1, 0.15) is 0 Å². The molecule has 5 nitrogen and oxygen atoms in total. The molecule has 30 heavy (non-hydrogen) atoms. The van der Waals surface area contributed by atoms with Crippen LogP contribution in [0.3, 0.4) is 0 Å². The second-order valence-electron chi connectivity index (χ2n) is 7.22. The highest BCUT2D eigenvalue weighted by atomic mass is 32.2. The maximum absolute atomic E-state index is 12.9. The summed E-state index contributed by atoms with van der Waals surface area (Å²) in [6.07, 6.45) is 2.99. The minimum absolute atomic E-state index is 0.151. The number of hydrogen-bond donors (Lipinski definition) is 0.